The summed E-state index contributed by atoms with van der Waals surface area (Å²) < 4.78 is 9.87. The lowest BCUT2D eigenvalue weighted by Crippen LogP contribution is -2.21. The molecule has 96 valence electrons. The van der Waals surface area contributed by atoms with Crippen molar-refractivity contribution in [1.82, 2.24) is 0 Å². The molecule has 0 aromatic rings. The van der Waals surface area contributed by atoms with E-state index in [1.54, 1.807) is 0 Å². The number of carbonyl (C=O) groups excluding carboxylic acids is 1. The van der Waals surface area contributed by atoms with E-state index in [1.165, 1.54) is 0 Å². The zero-order valence-electron chi connectivity index (χ0n) is 9.85. The van der Waals surface area contributed by atoms with Crippen LogP contribution in [0.2, 0.25) is 0 Å². The van der Waals surface area contributed by atoms with Crippen molar-refractivity contribution in [3.63, 3.8) is 0 Å². The molecule has 0 heterocycles. The average Bonchev–Trinajstić information content (AvgIpc) is 2.28. The lowest BCUT2D eigenvalue weighted by molar-refractivity contribution is -0.145. The predicted octanol–water partition coefficient (Wildman–Crippen LogP) is 0.480. The van der Waals surface area contributed by atoms with Gasteiger partial charge in [-0.25, -0.2) is 0 Å². The number of aliphatic hydroxyl groups is 2. The van der Waals surface area contributed by atoms with Gasteiger partial charge in [0, 0.05) is 6.42 Å². The predicted molar refractivity (Wildman–Crippen MR) is 59.0 cm³/mol. The monoisotopic (exact) mass is 234 g/mol. The Bertz CT molecular complexity index is 172. The fraction of sp³-hybridized carbons (Fsp3) is 0.909. The lowest BCUT2D eigenvalue weighted by atomic mass is 10.2. The molecule has 0 rings (SSSR count). The third kappa shape index (κ3) is 9.89. The van der Waals surface area contributed by atoms with Crippen LogP contribution in [0, 0.1) is 0 Å². The van der Waals surface area contributed by atoms with Gasteiger partial charge in [-0.1, -0.05) is 19.8 Å². The first-order chi connectivity index (χ1) is 7.70. The SMILES string of the molecule is CCCCCC(=O)OCCOCC(O)CO. The maximum Gasteiger partial charge on any atom is 0.305 e. The Morgan fingerprint density at radius 3 is 2.69 bits per heavy atom. The molecule has 0 spiro atoms. The van der Waals surface area contributed by atoms with Gasteiger partial charge in [-0.15, -0.1) is 0 Å². The zero-order valence-corrected chi connectivity index (χ0v) is 9.85. The fourth-order valence-electron chi connectivity index (χ4n) is 1.08. The van der Waals surface area contributed by atoms with E-state index in [0.29, 0.717) is 6.42 Å². The molecule has 0 saturated carbocycles. The third-order valence-electron chi connectivity index (χ3n) is 2.00. The topological polar surface area (TPSA) is 76.0 Å². The van der Waals surface area contributed by atoms with Gasteiger partial charge in [0.1, 0.15) is 12.7 Å². The molecular weight excluding hydrogens is 212 g/mol. The van der Waals surface area contributed by atoms with Crippen LogP contribution in [0.5, 0.6) is 0 Å². The summed E-state index contributed by atoms with van der Waals surface area (Å²) in [5.74, 6) is -0.209. The van der Waals surface area contributed by atoms with Crippen molar-refractivity contribution >= 4 is 5.97 Å². The van der Waals surface area contributed by atoms with Crippen molar-refractivity contribution in [2.75, 3.05) is 26.4 Å². The average molecular weight is 234 g/mol. The molecule has 0 fully saturated rings. The Balaban J connectivity index is 3.21. The molecule has 2 N–H and O–H groups in total. The Labute approximate surface area is 96.4 Å². The first-order valence-corrected chi connectivity index (χ1v) is 5.73. The summed E-state index contributed by atoms with van der Waals surface area (Å²) in [5.41, 5.74) is 0. The van der Waals surface area contributed by atoms with Crippen LogP contribution in [0.25, 0.3) is 0 Å². The maximum absolute atomic E-state index is 11.1. The van der Waals surface area contributed by atoms with Crippen molar-refractivity contribution < 1.29 is 24.5 Å². The summed E-state index contributed by atoms with van der Waals surface area (Å²) in [5, 5.41) is 17.4. The van der Waals surface area contributed by atoms with Crippen LogP contribution in [-0.2, 0) is 14.3 Å². The van der Waals surface area contributed by atoms with Crippen LogP contribution in [0.3, 0.4) is 0 Å². The Hall–Kier alpha value is -0.650. The van der Waals surface area contributed by atoms with Crippen LogP contribution in [0.4, 0.5) is 0 Å². The van der Waals surface area contributed by atoms with Gasteiger partial charge in [0.25, 0.3) is 0 Å². The van der Waals surface area contributed by atoms with E-state index in [-0.39, 0.29) is 32.4 Å². The largest absolute Gasteiger partial charge is 0.463 e. The molecule has 5 heteroatoms. The standard InChI is InChI=1S/C11H22O5/c1-2-3-4-5-11(14)16-7-6-15-9-10(13)8-12/h10,12-13H,2-9H2,1H3. The quantitative estimate of drug-likeness (QED) is 0.425. The fourth-order valence-corrected chi connectivity index (χ4v) is 1.08. The maximum atomic E-state index is 11.1. The van der Waals surface area contributed by atoms with Gasteiger partial charge in [0.05, 0.1) is 19.8 Å². The van der Waals surface area contributed by atoms with Crippen molar-refractivity contribution in [3.8, 4) is 0 Å². The number of hydrogen-bond donors (Lipinski definition) is 2. The third-order valence-corrected chi connectivity index (χ3v) is 2.00. The molecular formula is C11H22O5. The van der Waals surface area contributed by atoms with Crippen LogP contribution in [0.1, 0.15) is 32.6 Å². The normalized spacial score (nSPS) is 12.4. The van der Waals surface area contributed by atoms with Gasteiger partial charge < -0.3 is 19.7 Å². The van der Waals surface area contributed by atoms with E-state index in [9.17, 15) is 4.79 Å². The Kier molecular flexibility index (Phi) is 10.4. The molecule has 0 aliphatic rings. The summed E-state index contributed by atoms with van der Waals surface area (Å²) >= 11 is 0. The zero-order chi connectivity index (χ0) is 12.2. The number of aliphatic hydroxyl groups excluding tert-OH is 2. The van der Waals surface area contributed by atoms with Crippen molar-refractivity contribution in [2.24, 2.45) is 0 Å². The number of ether oxygens (including phenoxy) is 2. The first-order valence-electron chi connectivity index (χ1n) is 5.73. The molecule has 5 nitrogen and oxygen atoms in total. The minimum Gasteiger partial charge on any atom is -0.463 e. The van der Waals surface area contributed by atoms with Crippen LogP contribution in [0.15, 0.2) is 0 Å². The second-order valence-corrected chi connectivity index (χ2v) is 3.59. The molecule has 16 heavy (non-hydrogen) atoms. The molecule has 1 unspecified atom stereocenters. The molecule has 1 atom stereocenters. The number of unbranched alkanes of at least 4 members (excludes halogenated alkanes) is 2. The molecule has 0 aliphatic carbocycles. The summed E-state index contributed by atoms with van der Waals surface area (Å²) in [6.07, 6.45) is 2.57. The van der Waals surface area contributed by atoms with Gasteiger partial charge in [-0.2, -0.15) is 0 Å². The molecule has 0 aromatic carbocycles. The summed E-state index contributed by atoms with van der Waals surface area (Å²) in [6, 6.07) is 0. The highest BCUT2D eigenvalue weighted by molar-refractivity contribution is 5.69. The molecule has 0 bridgehead atoms. The number of esters is 1. The van der Waals surface area contributed by atoms with E-state index in [0.717, 1.165) is 19.3 Å². The smallest absolute Gasteiger partial charge is 0.305 e. The van der Waals surface area contributed by atoms with Gasteiger partial charge in [0.15, 0.2) is 0 Å². The molecule has 0 saturated heterocycles. The molecule has 0 aromatic heterocycles. The highest BCUT2D eigenvalue weighted by atomic mass is 16.6. The number of carbonyl (C=O) groups is 1. The van der Waals surface area contributed by atoms with Crippen molar-refractivity contribution in [2.45, 2.75) is 38.7 Å². The second kappa shape index (κ2) is 10.9. The summed E-state index contributed by atoms with van der Waals surface area (Å²) in [6.45, 7) is 2.26. The number of rotatable bonds is 10. The van der Waals surface area contributed by atoms with E-state index >= 15 is 0 Å². The minimum absolute atomic E-state index is 0.0594. The van der Waals surface area contributed by atoms with Crippen LogP contribution < -0.4 is 0 Å². The first kappa shape index (κ1) is 15.3. The second-order valence-electron chi connectivity index (χ2n) is 3.59. The molecule has 0 radical (unpaired) electrons. The van der Waals surface area contributed by atoms with Gasteiger partial charge >= 0.3 is 5.97 Å². The molecule has 0 aliphatic heterocycles. The van der Waals surface area contributed by atoms with Gasteiger partial charge in [0.2, 0.25) is 0 Å². The van der Waals surface area contributed by atoms with E-state index in [2.05, 4.69) is 6.92 Å². The minimum atomic E-state index is -0.861. The summed E-state index contributed by atoms with van der Waals surface area (Å²) in [7, 11) is 0. The summed E-state index contributed by atoms with van der Waals surface area (Å²) in [4.78, 5) is 11.1. The molecule has 0 amide bonds. The van der Waals surface area contributed by atoms with Crippen LogP contribution >= 0.6 is 0 Å². The van der Waals surface area contributed by atoms with Crippen molar-refractivity contribution in [1.29, 1.82) is 0 Å². The van der Waals surface area contributed by atoms with Crippen LogP contribution in [-0.4, -0.2) is 48.7 Å². The van der Waals surface area contributed by atoms with Gasteiger partial charge in [-0.3, -0.25) is 4.79 Å². The highest BCUT2D eigenvalue weighted by Crippen LogP contribution is 2.00. The Morgan fingerprint density at radius 1 is 1.31 bits per heavy atom. The van der Waals surface area contributed by atoms with E-state index in [1.807, 2.05) is 0 Å². The number of hydrogen-bond acceptors (Lipinski definition) is 5. The highest BCUT2D eigenvalue weighted by Gasteiger charge is 2.03. The van der Waals surface area contributed by atoms with Gasteiger partial charge in [-0.05, 0) is 6.42 Å². The van der Waals surface area contributed by atoms with E-state index in [4.69, 9.17) is 19.7 Å². The lowest BCUT2D eigenvalue weighted by Gasteiger charge is -2.08. The van der Waals surface area contributed by atoms with E-state index < -0.39 is 6.10 Å². The Morgan fingerprint density at radius 2 is 2.06 bits per heavy atom. The van der Waals surface area contributed by atoms with Crippen molar-refractivity contribution in [3.05, 3.63) is 0 Å².